The Hall–Kier alpha value is -4.42. The predicted octanol–water partition coefficient (Wildman–Crippen LogP) is 6.99. The van der Waals surface area contributed by atoms with Gasteiger partial charge in [0.15, 0.2) is 11.6 Å². The minimum atomic E-state index is -0.686. The molecular weight excluding hydrogens is 684 g/mol. The van der Waals surface area contributed by atoms with E-state index in [1.165, 1.54) is 12.6 Å². The first kappa shape index (κ1) is 35.3. The average molecular weight is 735 g/mol. The zero-order valence-electron chi connectivity index (χ0n) is 32.0. The van der Waals surface area contributed by atoms with Crippen LogP contribution in [-0.2, 0) is 19.7 Å². The highest BCUT2D eigenvalue weighted by Gasteiger charge is 2.56. The molecular formula is C42H51FN8O3. The van der Waals surface area contributed by atoms with E-state index in [9.17, 15) is 14.0 Å². The molecule has 2 amide bonds. The monoisotopic (exact) mass is 734 g/mol. The van der Waals surface area contributed by atoms with Crippen LogP contribution >= 0.6 is 0 Å². The number of carbonyl (C=O) groups excluding carboxylic acids is 2. The summed E-state index contributed by atoms with van der Waals surface area (Å²) in [5, 5.41) is 3.23. The number of imidazole rings is 1. The maximum absolute atomic E-state index is 15.0. The van der Waals surface area contributed by atoms with Crippen LogP contribution in [0.25, 0.3) is 22.3 Å². The number of piperidine rings is 1. The standard InChI is InChI=1S/C42H51FN8O3/c1-25(2)50-24-45-34-21-33(47-38(37(34)50)46-32-10-14-44-22-31(32)43)27-7-8-30-35(18-27)51(29-19-28(20-29)49-15-11-41(4,5)23-49)40(53)42(30)12-16-48(17-13-42)39(52)36-9-6-26(3)54-36/h7-8,10,14,18,21-22,24-26,28-29,36H,6,9,11-13,15-17,19-20,23H2,1-5H3,(H,44,46,47)/t26-,28-,29+,36-/m0/s1. The number of halogens is 1. The molecule has 0 radical (unpaired) electrons. The summed E-state index contributed by atoms with van der Waals surface area (Å²) in [6.07, 6.45) is 10.2. The van der Waals surface area contributed by atoms with E-state index in [-0.39, 0.29) is 41.8 Å². The number of anilines is 3. The van der Waals surface area contributed by atoms with E-state index in [0.29, 0.717) is 48.9 Å². The molecule has 1 saturated carbocycles. The summed E-state index contributed by atoms with van der Waals surface area (Å²) < 4.78 is 22.9. The van der Waals surface area contributed by atoms with Crippen molar-refractivity contribution in [3.8, 4) is 11.3 Å². The first-order chi connectivity index (χ1) is 25.9. The van der Waals surface area contributed by atoms with Gasteiger partial charge in [0.25, 0.3) is 5.91 Å². The normalized spacial score (nSPS) is 26.2. The highest BCUT2D eigenvalue weighted by atomic mass is 19.1. The number of fused-ring (bicyclic) bond motifs is 3. The highest BCUT2D eigenvalue weighted by molar-refractivity contribution is 6.09. The molecule has 3 saturated heterocycles. The van der Waals surface area contributed by atoms with E-state index in [0.717, 1.165) is 66.6 Å². The Balaban J connectivity index is 1.07. The molecule has 1 aliphatic carbocycles. The smallest absolute Gasteiger partial charge is 0.251 e. The summed E-state index contributed by atoms with van der Waals surface area (Å²) in [6, 6.07) is 10.6. The molecule has 0 unspecified atom stereocenters. The number of likely N-dealkylation sites (tertiary alicyclic amines) is 2. The summed E-state index contributed by atoms with van der Waals surface area (Å²) in [5.74, 6) is 0.240. The topological polar surface area (TPSA) is 109 Å². The maximum atomic E-state index is 15.0. The third-order valence-electron chi connectivity index (χ3n) is 12.9. The van der Waals surface area contributed by atoms with Crippen LogP contribution in [0.15, 0.2) is 49.1 Å². The van der Waals surface area contributed by atoms with Crippen LogP contribution in [0.1, 0.15) is 91.2 Å². The summed E-state index contributed by atoms with van der Waals surface area (Å²) in [5.41, 5.74) is 4.97. The highest BCUT2D eigenvalue weighted by Crippen LogP contribution is 2.52. The van der Waals surface area contributed by atoms with Crippen molar-refractivity contribution in [2.75, 3.05) is 36.4 Å². The molecule has 12 heteroatoms. The number of hydrogen-bond acceptors (Lipinski definition) is 8. The van der Waals surface area contributed by atoms with E-state index in [2.05, 4.69) is 66.0 Å². The van der Waals surface area contributed by atoms with Gasteiger partial charge in [0, 0.05) is 55.2 Å². The van der Waals surface area contributed by atoms with Gasteiger partial charge < -0.3 is 24.4 Å². The quantitative estimate of drug-likeness (QED) is 0.217. The second-order valence-electron chi connectivity index (χ2n) is 17.4. The van der Waals surface area contributed by atoms with Crippen LogP contribution < -0.4 is 10.2 Å². The molecule has 1 spiro atoms. The minimum absolute atomic E-state index is 0.0554. The Kier molecular flexibility index (Phi) is 8.57. The SMILES string of the molecule is CC(C)n1cnc2cc(-c3ccc4c(c3)N([C@H]3C[C@@H](N5CCC(C)(C)C5)C3)C(=O)C43CCN(C(=O)[C@@H]4CC[C@H](C)O4)CC3)nc(Nc3ccncc3F)c21. The third-order valence-corrected chi connectivity index (χ3v) is 12.9. The number of amides is 2. The number of benzene rings is 1. The molecule has 7 heterocycles. The second-order valence-corrected chi connectivity index (χ2v) is 17.4. The average Bonchev–Trinajstić information content (AvgIpc) is 3.91. The van der Waals surface area contributed by atoms with Crippen molar-refractivity contribution in [3.05, 3.63) is 60.4 Å². The van der Waals surface area contributed by atoms with Crippen LogP contribution in [0, 0.1) is 11.2 Å². The molecule has 4 aromatic rings. The van der Waals surface area contributed by atoms with Crippen molar-refractivity contribution in [3.63, 3.8) is 0 Å². The molecule has 284 valence electrons. The number of ether oxygens (including phenoxy) is 1. The van der Waals surface area contributed by atoms with Gasteiger partial charge in [-0.05, 0) is 101 Å². The van der Waals surface area contributed by atoms with Crippen LogP contribution in [-0.4, -0.2) is 91.6 Å². The van der Waals surface area contributed by atoms with Gasteiger partial charge in [0.05, 0.1) is 40.9 Å². The van der Waals surface area contributed by atoms with Crippen molar-refractivity contribution >= 4 is 40.0 Å². The lowest BCUT2D eigenvalue weighted by Crippen LogP contribution is -2.58. The summed E-state index contributed by atoms with van der Waals surface area (Å²) >= 11 is 0. The maximum Gasteiger partial charge on any atom is 0.251 e. The summed E-state index contributed by atoms with van der Waals surface area (Å²) in [6.45, 7) is 14.1. The number of pyridine rings is 2. The number of hydrogen-bond donors (Lipinski definition) is 1. The van der Waals surface area contributed by atoms with Gasteiger partial charge in [-0.3, -0.25) is 19.5 Å². The molecule has 3 aromatic heterocycles. The third kappa shape index (κ3) is 5.87. The molecule has 2 atom stereocenters. The Labute approximate surface area is 316 Å². The molecule has 9 rings (SSSR count). The molecule has 0 bridgehead atoms. The fourth-order valence-corrected chi connectivity index (χ4v) is 9.72. The number of nitrogens with zero attached hydrogens (tertiary/aromatic N) is 7. The Morgan fingerprint density at radius 1 is 1.04 bits per heavy atom. The molecule has 54 heavy (non-hydrogen) atoms. The fraction of sp³-hybridized carbons (Fsp3) is 0.548. The van der Waals surface area contributed by atoms with E-state index < -0.39 is 11.2 Å². The molecule has 1 aromatic carbocycles. The first-order valence-electron chi connectivity index (χ1n) is 19.8. The number of aromatic nitrogens is 4. The lowest BCUT2D eigenvalue weighted by molar-refractivity contribution is -0.145. The van der Waals surface area contributed by atoms with Crippen LogP contribution in [0.2, 0.25) is 0 Å². The number of rotatable bonds is 7. The predicted molar refractivity (Wildman–Crippen MR) is 206 cm³/mol. The minimum Gasteiger partial charge on any atom is -0.365 e. The fourth-order valence-electron chi connectivity index (χ4n) is 9.72. The first-order valence-corrected chi connectivity index (χ1v) is 19.8. The lowest BCUT2D eigenvalue weighted by atomic mass is 9.73. The van der Waals surface area contributed by atoms with E-state index >= 15 is 0 Å². The van der Waals surface area contributed by atoms with Gasteiger partial charge in [-0.2, -0.15) is 0 Å². The van der Waals surface area contributed by atoms with Gasteiger partial charge in [-0.15, -0.1) is 0 Å². The Morgan fingerprint density at radius 2 is 1.83 bits per heavy atom. The Bertz CT molecular complexity index is 2120. The van der Waals surface area contributed by atoms with Crippen molar-refractivity contribution in [2.24, 2.45) is 5.41 Å². The van der Waals surface area contributed by atoms with E-state index in [4.69, 9.17) is 14.7 Å². The van der Waals surface area contributed by atoms with Crippen molar-refractivity contribution < 1.29 is 18.7 Å². The summed E-state index contributed by atoms with van der Waals surface area (Å²) in [4.78, 5) is 48.8. The molecule has 4 fully saturated rings. The van der Waals surface area contributed by atoms with Gasteiger partial charge >= 0.3 is 0 Å². The zero-order chi connectivity index (χ0) is 37.5. The van der Waals surface area contributed by atoms with Crippen LogP contribution in [0.5, 0.6) is 0 Å². The molecule has 4 aliphatic heterocycles. The second kappa shape index (κ2) is 13.1. The van der Waals surface area contributed by atoms with Gasteiger partial charge in [-0.1, -0.05) is 26.0 Å². The van der Waals surface area contributed by atoms with Crippen molar-refractivity contribution in [2.45, 2.75) is 115 Å². The largest absolute Gasteiger partial charge is 0.365 e. The molecule has 5 aliphatic rings. The Morgan fingerprint density at radius 3 is 2.52 bits per heavy atom. The molecule has 1 N–H and O–H groups in total. The molecule has 11 nitrogen and oxygen atoms in total. The lowest BCUT2D eigenvalue weighted by Gasteiger charge is -2.46. The van der Waals surface area contributed by atoms with Gasteiger partial charge in [0.2, 0.25) is 5.91 Å². The van der Waals surface area contributed by atoms with Crippen LogP contribution in [0.4, 0.5) is 21.6 Å². The van der Waals surface area contributed by atoms with Crippen LogP contribution in [0.3, 0.4) is 0 Å². The van der Waals surface area contributed by atoms with Gasteiger partial charge in [0.1, 0.15) is 11.6 Å². The number of nitrogens with one attached hydrogen (secondary N) is 1. The van der Waals surface area contributed by atoms with Gasteiger partial charge in [-0.25, -0.2) is 14.4 Å². The van der Waals surface area contributed by atoms with E-state index in [1.807, 2.05) is 22.5 Å². The van der Waals surface area contributed by atoms with Crippen molar-refractivity contribution in [1.29, 1.82) is 0 Å². The van der Waals surface area contributed by atoms with Crippen molar-refractivity contribution in [1.82, 2.24) is 29.3 Å². The zero-order valence-corrected chi connectivity index (χ0v) is 32.0. The van der Waals surface area contributed by atoms with E-state index in [1.54, 1.807) is 18.6 Å². The number of carbonyl (C=O) groups is 2. The summed E-state index contributed by atoms with van der Waals surface area (Å²) in [7, 11) is 0.